The number of nitrogens with zero attached hydrogens (tertiary/aromatic N) is 1. The van der Waals surface area contributed by atoms with Gasteiger partial charge in [-0.15, -0.1) is 0 Å². The maximum absolute atomic E-state index is 13.2. The highest BCUT2D eigenvalue weighted by molar-refractivity contribution is 8.26. The second kappa shape index (κ2) is 11.6. The smallest absolute Gasteiger partial charge is 0.331 e. The lowest BCUT2D eigenvalue weighted by Crippen LogP contribution is -2.37. The van der Waals surface area contributed by atoms with Gasteiger partial charge in [0.1, 0.15) is 10.9 Å². The molecule has 1 N–H and O–H groups in total. The number of hydrogen-bond acceptors (Lipinski definition) is 6. The van der Waals surface area contributed by atoms with Crippen LogP contribution in [0.25, 0.3) is 6.08 Å². The first kappa shape index (κ1) is 25.8. The van der Waals surface area contributed by atoms with E-state index < -0.39 is 17.9 Å². The van der Waals surface area contributed by atoms with Crippen LogP contribution in [0.3, 0.4) is 0 Å². The van der Waals surface area contributed by atoms with Crippen molar-refractivity contribution in [3.05, 3.63) is 99.4 Å². The number of amides is 1. The normalized spacial score (nSPS) is 15.3. The summed E-state index contributed by atoms with van der Waals surface area (Å²) in [5, 5.41) is 10.5. The first-order valence-electron chi connectivity index (χ1n) is 11.1. The van der Waals surface area contributed by atoms with Crippen LogP contribution < -0.4 is 9.47 Å². The van der Waals surface area contributed by atoms with E-state index in [0.29, 0.717) is 39.2 Å². The summed E-state index contributed by atoms with van der Waals surface area (Å²) in [7, 11) is 0. The second-order valence-corrected chi connectivity index (χ2v) is 9.81. The highest BCUT2D eigenvalue weighted by atomic mass is 35.5. The van der Waals surface area contributed by atoms with Gasteiger partial charge < -0.3 is 14.6 Å². The summed E-state index contributed by atoms with van der Waals surface area (Å²) < 4.78 is 11.9. The zero-order valence-electron chi connectivity index (χ0n) is 19.2. The summed E-state index contributed by atoms with van der Waals surface area (Å²) >= 11 is 12.7. The van der Waals surface area contributed by atoms with Gasteiger partial charge in [-0.25, -0.2) is 4.79 Å². The summed E-state index contributed by atoms with van der Waals surface area (Å²) in [6.07, 6.45) is 1.67. The molecule has 9 heteroatoms. The van der Waals surface area contributed by atoms with Crippen molar-refractivity contribution < 1.29 is 24.2 Å². The summed E-state index contributed by atoms with van der Waals surface area (Å²) in [6, 6.07) is 20.1. The van der Waals surface area contributed by atoms with Crippen molar-refractivity contribution in [1.29, 1.82) is 0 Å². The topological polar surface area (TPSA) is 76.1 Å². The predicted octanol–water partition coefficient (Wildman–Crippen LogP) is 6.34. The van der Waals surface area contributed by atoms with Crippen molar-refractivity contribution in [2.75, 3.05) is 6.61 Å². The number of aliphatic carboxylic acids is 1. The molecule has 1 atom stereocenters. The summed E-state index contributed by atoms with van der Waals surface area (Å²) in [6.45, 7) is 2.56. The molecular weight excluding hydrogens is 518 g/mol. The van der Waals surface area contributed by atoms with E-state index in [2.05, 4.69) is 0 Å². The fourth-order valence-corrected chi connectivity index (χ4v) is 5.17. The molecular formula is C27H22ClNO5S2. The summed E-state index contributed by atoms with van der Waals surface area (Å²) in [5.74, 6) is -0.561. The number of carboxylic acid groups (broad SMARTS) is 1. The Labute approximate surface area is 223 Å². The van der Waals surface area contributed by atoms with Gasteiger partial charge in [0.2, 0.25) is 0 Å². The van der Waals surface area contributed by atoms with E-state index in [-0.39, 0.29) is 10.9 Å². The molecule has 0 radical (unpaired) electrons. The predicted molar refractivity (Wildman–Crippen MR) is 145 cm³/mol. The largest absolute Gasteiger partial charge is 0.490 e. The van der Waals surface area contributed by atoms with Gasteiger partial charge >= 0.3 is 5.97 Å². The van der Waals surface area contributed by atoms with Crippen LogP contribution in [0.15, 0.2) is 77.7 Å². The van der Waals surface area contributed by atoms with Crippen molar-refractivity contribution in [1.82, 2.24) is 4.90 Å². The number of ether oxygens (including phenoxy) is 2. The molecule has 0 bridgehead atoms. The Morgan fingerprint density at radius 1 is 1.08 bits per heavy atom. The molecule has 36 heavy (non-hydrogen) atoms. The number of rotatable bonds is 9. The standard InChI is InChI=1S/C27H22ClNO5S2/c1-2-33-22-14-17(12-13-21(22)34-16-19-10-6-7-11-20(19)28)15-23-25(30)29(27(35)36-23)24(26(31)32)18-8-4-3-5-9-18/h3-15,24H,2,16H2,1H3,(H,31,32)/b23-15+/t24-/m1/s1. The van der Waals surface area contributed by atoms with Crippen molar-refractivity contribution in [3.8, 4) is 11.5 Å². The molecule has 1 aliphatic rings. The number of benzene rings is 3. The Bertz CT molecular complexity index is 1330. The third-order valence-electron chi connectivity index (χ3n) is 5.34. The third kappa shape index (κ3) is 5.73. The van der Waals surface area contributed by atoms with Crippen LogP contribution in [-0.2, 0) is 16.2 Å². The Balaban J connectivity index is 1.58. The van der Waals surface area contributed by atoms with Crippen LogP contribution in [0.4, 0.5) is 0 Å². The van der Waals surface area contributed by atoms with Crippen molar-refractivity contribution in [2.24, 2.45) is 0 Å². The van der Waals surface area contributed by atoms with Crippen molar-refractivity contribution >= 4 is 57.9 Å². The molecule has 0 aliphatic carbocycles. The average Bonchev–Trinajstić information content (AvgIpc) is 3.13. The molecule has 3 aromatic rings. The minimum atomic E-state index is -1.20. The number of halogens is 1. The molecule has 0 aromatic heterocycles. The number of carbonyl (C=O) groups excluding carboxylic acids is 1. The fourth-order valence-electron chi connectivity index (χ4n) is 3.66. The molecule has 4 rings (SSSR count). The van der Waals surface area contributed by atoms with Gasteiger partial charge in [-0.2, -0.15) is 0 Å². The monoisotopic (exact) mass is 539 g/mol. The molecule has 0 unspecified atom stereocenters. The van der Waals surface area contributed by atoms with Gasteiger partial charge in [0.25, 0.3) is 5.91 Å². The minimum absolute atomic E-state index is 0.187. The fraction of sp³-hybridized carbons (Fsp3) is 0.148. The molecule has 1 aliphatic heterocycles. The van der Waals surface area contributed by atoms with Crippen LogP contribution in [0.5, 0.6) is 11.5 Å². The van der Waals surface area contributed by atoms with Crippen LogP contribution in [-0.4, -0.2) is 32.8 Å². The van der Waals surface area contributed by atoms with Crippen molar-refractivity contribution in [3.63, 3.8) is 0 Å². The van der Waals surface area contributed by atoms with Crippen LogP contribution in [0.1, 0.15) is 29.7 Å². The Morgan fingerprint density at radius 2 is 1.81 bits per heavy atom. The van der Waals surface area contributed by atoms with E-state index in [0.717, 1.165) is 22.2 Å². The van der Waals surface area contributed by atoms with E-state index in [1.165, 1.54) is 0 Å². The molecule has 3 aromatic carbocycles. The quantitative estimate of drug-likeness (QED) is 0.251. The highest BCUT2D eigenvalue weighted by Crippen LogP contribution is 2.39. The van der Waals surface area contributed by atoms with Gasteiger partial charge in [0.15, 0.2) is 17.5 Å². The van der Waals surface area contributed by atoms with Crippen molar-refractivity contribution in [2.45, 2.75) is 19.6 Å². The number of thioether (sulfide) groups is 1. The highest BCUT2D eigenvalue weighted by Gasteiger charge is 2.41. The average molecular weight is 540 g/mol. The van der Waals surface area contributed by atoms with Crippen LogP contribution >= 0.6 is 35.6 Å². The molecule has 1 amide bonds. The van der Waals surface area contributed by atoms with Gasteiger partial charge in [-0.05, 0) is 42.3 Å². The summed E-state index contributed by atoms with van der Waals surface area (Å²) in [5.41, 5.74) is 2.01. The Morgan fingerprint density at radius 3 is 2.50 bits per heavy atom. The lowest BCUT2D eigenvalue weighted by Gasteiger charge is -2.23. The lowest BCUT2D eigenvalue weighted by molar-refractivity contribution is -0.145. The van der Waals surface area contributed by atoms with E-state index >= 15 is 0 Å². The van der Waals surface area contributed by atoms with E-state index in [1.54, 1.807) is 60.7 Å². The zero-order valence-corrected chi connectivity index (χ0v) is 21.6. The SMILES string of the molecule is CCOc1cc(/C=C2/SC(=S)N([C@@H](C(=O)O)c3ccccc3)C2=O)ccc1OCc1ccccc1Cl. The van der Waals surface area contributed by atoms with E-state index in [4.69, 9.17) is 33.3 Å². The number of carboxylic acids is 1. The van der Waals surface area contributed by atoms with Crippen LogP contribution in [0, 0.1) is 0 Å². The van der Waals surface area contributed by atoms with Gasteiger partial charge in [0, 0.05) is 10.6 Å². The molecule has 1 saturated heterocycles. The van der Waals surface area contributed by atoms with Gasteiger partial charge in [0.05, 0.1) is 11.5 Å². The lowest BCUT2D eigenvalue weighted by atomic mass is 10.1. The second-order valence-electron chi connectivity index (χ2n) is 7.72. The first-order chi connectivity index (χ1) is 17.4. The van der Waals surface area contributed by atoms with E-state index in [1.807, 2.05) is 25.1 Å². The number of carbonyl (C=O) groups is 2. The van der Waals surface area contributed by atoms with Crippen LogP contribution in [0.2, 0.25) is 5.02 Å². The molecule has 6 nitrogen and oxygen atoms in total. The van der Waals surface area contributed by atoms with Gasteiger partial charge in [-0.1, -0.05) is 90.2 Å². The summed E-state index contributed by atoms with van der Waals surface area (Å²) in [4.78, 5) is 26.8. The molecule has 0 spiro atoms. The number of thiocarbonyl (C=S) groups is 1. The third-order valence-corrected chi connectivity index (χ3v) is 7.04. The maximum atomic E-state index is 13.2. The molecule has 1 fully saturated rings. The Hall–Kier alpha value is -3.33. The zero-order chi connectivity index (χ0) is 25.7. The molecule has 184 valence electrons. The van der Waals surface area contributed by atoms with E-state index in [9.17, 15) is 14.7 Å². The Kier molecular flexibility index (Phi) is 8.30. The maximum Gasteiger partial charge on any atom is 0.331 e. The molecule has 1 heterocycles. The van der Waals surface area contributed by atoms with Gasteiger partial charge in [-0.3, -0.25) is 9.69 Å². The minimum Gasteiger partial charge on any atom is -0.490 e. The first-order valence-corrected chi connectivity index (χ1v) is 12.7. The molecule has 0 saturated carbocycles. The number of hydrogen-bond donors (Lipinski definition) is 1.